The highest BCUT2D eigenvalue weighted by Gasteiger charge is 2.06. The van der Waals surface area contributed by atoms with Crippen molar-refractivity contribution in [3.63, 3.8) is 0 Å². The number of carboxylic acids is 1. The molecular formula is C13H11FN2O2S3. The highest BCUT2D eigenvalue weighted by Crippen LogP contribution is 2.30. The molecular weight excluding hydrogens is 331 g/mol. The molecule has 0 aliphatic rings. The summed E-state index contributed by atoms with van der Waals surface area (Å²) in [5.41, 5.74) is 1.29. The van der Waals surface area contributed by atoms with Gasteiger partial charge in [-0.05, 0) is 35.6 Å². The van der Waals surface area contributed by atoms with Gasteiger partial charge in [0.25, 0.3) is 0 Å². The van der Waals surface area contributed by atoms with E-state index in [2.05, 4.69) is 10.2 Å². The summed E-state index contributed by atoms with van der Waals surface area (Å²) < 4.78 is 15.2. The van der Waals surface area contributed by atoms with Gasteiger partial charge in [0.1, 0.15) is 5.82 Å². The van der Waals surface area contributed by atoms with Crippen molar-refractivity contribution in [1.29, 1.82) is 0 Å². The summed E-state index contributed by atoms with van der Waals surface area (Å²) in [6.07, 6.45) is 4.29. The van der Waals surface area contributed by atoms with Crippen LogP contribution in [0.5, 0.6) is 0 Å². The normalized spacial score (nSPS) is 11.1. The van der Waals surface area contributed by atoms with Gasteiger partial charge in [0.2, 0.25) is 0 Å². The number of thioether (sulfide) groups is 2. The van der Waals surface area contributed by atoms with Gasteiger partial charge < -0.3 is 5.11 Å². The second-order valence-corrected chi connectivity index (χ2v) is 7.14. The molecule has 1 N–H and O–H groups in total. The topological polar surface area (TPSA) is 63.1 Å². The van der Waals surface area contributed by atoms with E-state index in [1.54, 1.807) is 6.07 Å². The summed E-state index contributed by atoms with van der Waals surface area (Å²) in [4.78, 5) is 10.5. The zero-order valence-electron chi connectivity index (χ0n) is 10.9. The molecule has 0 saturated carbocycles. The number of carboxylic acid groups (broad SMARTS) is 1. The lowest BCUT2D eigenvalue weighted by molar-refractivity contribution is -0.131. The Bertz CT molecular complexity index is 673. The van der Waals surface area contributed by atoms with Crippen molar-refractivity contribution in [3.8, 4) is 0 Å². The third kappa shape index (κ3) is 5.14. The Labute approximate surface area is 133 Å². The summed E-state index contributed by atoms with van der Waals surface area (Å²) >= 11 is 4.50. The van der Waals surface area contributed by atoms with Gasteiger partial charge in [-0.2, -0.15) is 0 Å². The van der Waals surface area contributed by atoms with E-state index in [0.29, 0.717) is 11.3 Å². The zero-order valence-corrected chi connectivity index (χ0v) is 13.4. The molecule has 0 spiro atoms. The fourth-order valence-electron chi connectivity index (χ4n) is 1.51. The van der Waals surface area contributed by atoms with Crippen LogP contribution in [-0.2, 0) is 10.5 Å². The number of aromatic nitrogens is 2. The van der Waals surface area contributed by atoms with E-state index in [0.717, 1.165) is 20.3 Å². The van der Waals surface area contributed by atoms with Crippen LogP contribution >= 0.6 is 34.9 Å². The van der Waals surface area contributed by atoms with Gasteiger partial charge in [0, 0.05) is 11.8 Å². The fraction of sp³-hybridized carbons (Fsp3) is 0.154. The van der Waals surface area contributed by atoms with Crippen molar-refractivity contribution in [2.75, 3.05) is 6.26 Å². The number of benzene rings is 1. The van der Waals surface area contributed by atoms with E-state index < -0.39 is 5.97 Å². The molecule has 0 unspecified atom stereocenters. The van der Waals surface area contributed by atoms with Gasteiger partial charge in [-0.25, -0.2) is 9.18 Å². The average molecular weight is 342 g/mol. The lowest BCUT2D eigenvalue weighted by Crippen LogP contribution is -1.89. The molecule has 2 aromatic rings. The van der Waals surface area contributed by atoms with Crippen molar-refractivity contribution in [2.45, 2.75) is 14.4 Å². The van der Waals surface area contributed by atoms with Crippen LogP contribution in [0.2, 0.25) is 0 Å². The molecule has 0 fully saturated rings. The molecule has 21 heavy (non-hydrogen) atoms. The Morgan fingerprint density at radius 1 is 1.38 bits per heavy atom. The summed E-state index contributed by atoms with van der Waals surface area (Å²) in [7, 11) is 0. The zero-order chi connectivity index (χ0) is 15.2. The van der Waals surface area contributed by atoms with Gasteiger partial charge in [-0.15, -0.1) is 10.2 Å². The summed E-state index contributed by atoms with van der Waals surface area (Å²) in [6.45, 7) is 0. The lowest BCUT2D eigenvalue weighted by Gasteiger charge is -2.02. The maximum absolute atomic E-state index is 13.5. The van der Waals surface area contributed by atoms with Crippen LogP contribution in [0.4, 0.5) is 4.39 Å². The van der Waals surface area contributed by atoms with Crippen molar-refractivity contribution in [1.82, 2.24) is 10.2 Å². The fourth-order valence-corrected chi connectivity index (χ4v) is 3.87. The SMILES string of the molecule is CSc1nnc(SCc2cc(F)cc(/C=C/C(=O)O)c2)s1. The van der Waals surface area contributed by atoms with Crippen LogP contribution in [0.25, 0.3) is 6.08 Å². The second-order valence-electron chi connectivity index (χ2n) is 3.89. The van der Waals surface area contributed by atoms with Crippen LogP contribution < -0.4 is 0 Å². The molecule has 1 aromatic carbocycles. The molecule has 0 aliphatic heterocycles. The summed E-state index contributed by atoms with van der Waals surface area (Å²) in [6, 6.07) is 4.48. The van der Waals surface area contributed by atoms with Gasteiger partial charge in [-0.1, -0.05) is 40.9 Å². The lowest BCUT2D eigenvalue weighted by atomic mass is 10.1. The quantitative estimate of drug-likeness (QED) is 0.636. The Morgan fingerprint density at radius 2 is 2.14 bits per heavy atom. The molecule has 1 heterocycles. The minimum absolute atomic E-state index is 0.389. The van der Waals surface area contributed by atoms with Gasteiger partial charge in [0.05, 0.1) is 0 Å². The van der Waals surface area contributed by atoms with Crippen LogP contribution in [0.3, 0.4) is 0 Å². The smallest absolute Gasteiger partial charge is 0.328 e. The first kappa shape index (κ1) is 16.0. The minimum atomic E-state index is -1.06. The summed E-state index contributed by atoms with van der Waals surface area (Å²) in [5.74, 6) is -0.900. The molecule has 0 bridgehead atoms. The Balaban J connectivity index is 2.07. The Kier molecular flexibility index (Phi) is 5.77. The highest BCUT2D eigenvalue weighted by molar-refractivity contribution is 8.02. The van der Waals surface area contributed by atoms with Crippen molar-refractivity contribution in [3.05, 3.63) is 41.2 Å². The molecule has 1 aromatic heterocycles. The number of aliphatic carboxylic acids is 1. The highest BCUT2D eigenvalue weighted by atomic mass is 32.2. The number of hydrogen-bond acceptors (Lipinski definition) is 6. The maximum atomic E-state index is 13.5. The monoisotopic (exact) mass is 342 g/mol. The number of nitrogens with zero attached hydrogens (tertiary/aromatic N) is 2. The van der Waals surface area contributed by atoms with E-state index >= 15 is 0 Å². The Morgan fingerprint density at radius 3 is 2.81 bits per heavy atom. The van der Waals surface area contributed by atoms with Crippen LogP contribution in [-0.4, -0.2) is 27.5 Å². The standard InChI is InChI=1S/C13H11FN2O2S3/c1-19-12-15-16-13(21-12)20-7-9-4-8(2-3-11(17)18)5-10(14)6-9/h2-6H,7H2,1H3,(H,17,18)/b3-2+. The van der Waals surface area contributed by atoms with Crippen molar-refractivity contribution >= 4 is 46.9 Å². The molecule has 110 valence electrons. The molecule has 0 atom stereocenters. The van der Waals surface area contributed by atoms with Gasteiger partial charge >= 0.3 is 5.97 Å². The minimum Gasteiger partial charge on any atom is -0.478 e. The van der Waals surface area contributed by atoms with Crippen LogP contribution in [0.15, 0.2) is 33.0 Å². The third-order valence-electron chi connectivity index (χ3n) is 2.32. The van der Waals surface area contributed by atoms with Crippen LogP contribution in [0.1, 0.15) is 11.1 Å². The number of carbonyl (C=O) groups is 1. The number of halogens is 1. The summed E-state index contributed by atoms with van der Waals surface area (Å²) in [5, 5.41) is 16.6. The average Bonchev–Trinajstić information content (AvgIpc) is 2.90. The second kappa shape index (κ2) is 7.58. The Hall–Kier alpha value is -1.38. The largest absolute Gasteiger partial charge is 0.478 e. The van der Waals surface area contributed by atoms with Crippen molar-refractivity contribution < 1.29 is 14.3 Å². The van der Waals surface area contributed by atoms with E-state index in [-0.39, 0.29) is 5.82 Å². The predicted octanol–water partition coefficient (Wildman–Crippen LogP) is 3.79. The molecule has 4 nitrogen and oxygen atoms in total. The first-order chi connectivity index (χ1) is 10.1. The molecule has 0 aliphatic carbocycles. The molecule has 0 radical (unpaired) electrons. The molecule has 8 heteroatoms. The first-order valence-electron chi connectivity index (χ1n) is 5.77. The molecule has 2 rings (SSSR count). The number of rotatable bonds is 6. The first-order valence-corrected chi connectivity index (χ1v) is 8.80. The van der Waals surface area contributed by atoms with Crippen LogP contribution in [0, 0.1) is 5.82 Å². The molecule has 0 amide bonds. The van der Waals surface area contributed by atoms with Crippen molar-refractivity contribution in [2.24, 2.45) is 0 Å². The van der Waals surface area contributed by atoms with Gasteiger partial charge in [-0.3, -0.25) is 0 Å². The third-order valence-corrected chi connectivity index (χ3v) is 5.43. The van der Waals surface area contributed by atoms with E-state index in [4.69, 9.17) is 5.11 Å². The predicted molar refractivity (Wildman–Crippen MR) is 84.3 cm³/mol. The van der Waals surface area contributed by atoms with E-state index in [9.17, 15) is 9.18 Å². The number of hydrogen-bond donors (Lipinski definition) is 1. The van der Waals surface area contributed by atoms with Gasteiger partial charge in [0.15, 0.2) is 8.68 Å². The van der Waals surface area contributed by atoms with E-state index in [1.165, 1.54) is 53.1 Å². The van der Waals surface area contributed by atoms with E-state index in [1.807, 2.05) is 6.26 Å². The maximum Gasteiger partial charge on any atom is 0.328 e. The molecule has 0 saturated heterocycles.